The van der Waals surface area contributed by atoms with Crippen molar-refractivity contribution in [3.63, 3.8) is 0 Å². The average molecular weight is 410 g/mol. The SMILES string of the molecule is CCN(CC1CCN(Cc2ccc(Cl)cc2)CC1)C(=O)c1cc2ccccc2[nH]1. The number of H-pyrrole nitrogens is 1. The Labute approximate surface area is 177 Å². The maximum Gasteiger partial charge on any atom is 0.270 e. The Morgan fingerprint density at radius 3 is 2.55 bits per heavy atom. The minimum Gasteiger partial charge on any atom is -0.351 e. The smallest absolute Gasteiger partial charge is 0.270 e. The van der Waals surface area contributed by atoms with Crippen LogP contribution in [-0.2, 0) is 6.54 Å². The third kappa shape index (κ3) is 4.82. The predicted molar refractivity (Wildman–Crippen MR) is 119 cm³/mol. The van der Waals surface area contributed by atoms with Gasteiger partial charge in [0.05, 0.1) is 0 Å². The molecule has 1 aliphatic rings. The molecule has 2 heterocycles. The van der Waals surface area contributed by atoms with Crippen LogP contribution in [0.5, 0.6) is 0 Å². The maximum atomic E-state index is 13.0. The van der Waals surface area contributed by atoms with Gasteiger partial charge in [0, 0.05) is 35.6 Å². The van der Waals surface area contributed by atoms with E-state index in [1.54, 1.807) is 0 Å². The van der Waals surface area contributed by atoms with E-state index in [0.29, 0.717) is 11.6 Å². The third-order valence-electron chi connectivity index (χ3n) is 5.93. The van der Waals surface area contributed by atoms with E-state index in [0.717, 1.165) is 61.5 Å². The van der Waals surface area contributed by atoms with Crippen LogP contribution in [0.2, 0.25) is 5.02 Å². The van der Waals surface area contributed by atoms with Crippen molar-refractivity contribution in [3.8, 4) is 0 Å². The second-order valence-electron chi connectivity index (χ2n) is 7.96. The summed E-state index contributed by atoms with van der Waals surface area (Å²) >= 11 is 5.98. The topological polar surface area (TPSA) is 39.3 Å². The minimum absolute atomic E-state index is 0.104. The molecule has 0 atom stereocenters. The molecule has 1 N–H and O–H groups in total. The summed E-state index contributed by atoms with van der Waals surface area (Å²) in [5.74, 6) is 0.664. The number of nitrogens with zero attached hydrogens (tertiary/aromatic N) is 2. The van der Waals surface area contributed by atoms with Crippen molar-refractivity contribution >= 4 is 28.4 Å². The number of carbonyl (C=O) groups excluding carboxylic acids is 1. The summed E-state index contributed by atoms with van der Waals surface area (Å²) in [5.41, 5.74) is 3.01. The van der Waals surface area contributed by atoms with E-state index in [-0.39, 0.29) is 5.91 Å². The number of fused-ring (bicyclic) bond motifs is 1. The highest BCUT2D eigenvalue weighted by atomic mass is 35.5. The zero-order chi connectivity index (χ0) is 20.2. The molecule has 0 saturated carbocycles. The van der Waals surface area contributed by atoms with Crippen molar-refractivity contribution in [2.75, 3.05) is 26.2 Å². The van der Waals surface area contributed by atoms with Crippen LogP contribution in [0, 0.1) is 5.92 Å². The highest BCUT2D eigenvalue weighted by Crippen LogP contribution is 2.22. The molecular formula is C24H28ClN3O. The zero-order valence-electron chi connectivity index (χ0n) is 16.9. The molecule has 1 aliphatic heterocycles. The fourth-order valence-corrected chi connectivity index (χ4v) is 4.33. The number of para-hydroxylation sites is 1. The monoisotopic (exact) mass is 409 g/mol. The van der Waals surface area contributed by atoms with Crippen molar-refractivity contribution in [1.29, 1.82) is 0 Å². The molecule has 5 heteroatoms. The van der Waals surface area contributed by atoms with Crippen molar-refractivity contribution in [2.24, 2.45) is 5.92 Å². The van der Waals surface area contributed by atoms with Gasteiger partial charge in [-0.2, -0.15) is 0 Å². The van der Waals surface area contributed by atoms with E-state index < -0.39 is 0 Å². The Balaban J connectivity index is 1.32. The van der Waals surface area contributed by atoms with Gasteiger partial charge < -0.3 is 9.88 Å². The summed E-state index contributed by atoms with van der Waals surface area (Å²) in [6.45, 7) is 6.75. The number of rotatable bonds is 6. The molecule has 0 bridgehead atoms. The largest absolute Gasteiger partial charge is 0.351 e. The fourth-order valence-electron chi connectivity index (χ4n) is 4.20. The lowest BCUT2D eigenvalue weighted by Crippen LogP contribution is -2.40. The molecular weight excluding hydrogens is 382 g/mol. The first-order valence-corrected chi connectivity index (χ1v) is 10.8. The van der Waals surface area contributed by atoms with Gasteiger partial charge >= 0.3 is 0 Å². The number of benzene rings is 2. The normalized spacial score (nSPS) is 15.7. The highest BCUT2D eigenvalue weighted by molar-refractivity contribution is 6.30. The first kappa shape index (κ1) is 20.0. The van der Waals surface area contributed by atoms with Crippen LogP contribution in [0.25, 0.3) is 10.9 Å². The zero-order valence-corrected chi connectivity index (χ0v) is 17.7. The van der Waals surface area contributed by atoms with Gasteiger partial charge in [-0.15, -0.1) is 0 Å². The van der Waals surface area contributed by atoms with Gasteiger partial charge in [-0.25, -0.2) is 0 Å². The number of aromatic amines is 1. The Morgan fingerprint density at radius 2 is 1.86 bits per heavy atom. The van der Waals surface area contributed by atoms with Crippen LogP contribution >= 0.6 is 11.6 Å². The van der Waals surface area contributed by atoms with Crippen LogP contribution < -0.4 is 0 Å². The molecule has 1 amide bonds. The molecule has 0 radical (unpaired) electrons. The molecule has 4 rings (SSSR count). The minimum atomic E-state index is 0.104. The summed E-state index contributed by atoms with van der Waals surface area (Å²) in [5, 5.41) is 1.87. The lowest BCUT2D eigenvalue weighted by Gasteiger charge is -2.34. The number of piperidine rings is 1. The highest BCUT2D eigenvalue weighted by Gasteiger charge is 2.24. The van der Waals surface area contributed by atoms with E-state index in [2.05, 4.69) is 28.9 Å². The Morgan fingerprint density at radius 1 is 1.14 bits per heavy atom. The van der Waals surface area contributed by atoms with Gasteiger partial charge in [-0.3, -0.25) is 9.69 Å². The van der Waals surface area contributed by atoms with Crippen LogP contribution in [-0.4, -0.2) is 46.9 Å². The van der Waals surface area contributed by atoms with E-state index in [1.807, 2.05) is 47.4 Å². The van der Waals surface area contributed by atoms with Crippen molar-refractivity contribution < 1.29 is 4.79 Å². The number of likely N-dealkylation sites (tertiary alicyclic amines) is 1. The van der Waals surface area contributed by atoms with E-state index in [9.17, 15) is 4.79 Å². The fraction of sp³-hybridized carbons (Fsp3) is 0.375. The molecule has 2 aromatic carbocycles. The summed E-state index contributed by atoms with van der Waals surface area (Å²) < 4.78 is 0. The third-order valence-corrected chi connectivity index (χ3v) is 6.19. The predicted octanol–water partition coefficient (Wildman–Crippen LogP) is 5.20. The Kier molecular flexibility index (Phi) is 6.22. The Bertz CT molecular complexity index is 925. The van der Waals surface area contributed by atoms with E-state index >= 15 is 0 Å². The van der Waals surface area contributed by atoms with Crippen molar-refractivity contribution in [1.82, 2.24) is 14.8 Å². The van der Waals surface area contributed by atoms with Gasteiger partial charge in [-0.1, -0.05) is 41.9 Å². The van der Waals surface area contributed by atoms with E-state index in [4.69, 9.17) is 11.6 Å². The van der Waals surface area contributed by atoms with Crippen LogP contribution in [0.15, 0.2) is 54.6 Å². The molecule has 3 aromatic rings. The standard InChI is InChI=1S/C24H28ClN3O/c1-2-28(24(29)23-15-20-5-3-4-6-22(20)26-23)17-19-11-13-27(14-12-19)16-18-7-9-21(25)10-8-18/h3-10,15,19,26H,2,11-14,16-17H2,1H3. The second kappa shape index (κ2) is 9.02. The number of amides is 1. The average Bonchev–Trinajstić information content (AvgIpc) is 3.19. The first-order chi connectivity index (χ1) is 14.1. The van der Waals surface area contributed by atoms with Gasteiger partial charge in [0.25, 0.3) is 5.91 Å². The van der Waals surface area contributed by atoms with Crippen LogP contribution in [0.1, 0.15) is 35.8 Å². The van der Waals surface area contributed by atoms with Gasteiger partial charge in [0.2, 0.25) is 0 Å². The molecule has 0 aliphatic carbocycles. The number of aromatic nitrogens is 1. The Hall–Kier alpha value is -2.30. The molecule has 1 fully saturated rings. The van der Waals surface area contributed by atoms with Crippen molar-refractivity contribution in [3.05, 3.63) is 70.9 Å². The van der Waals surface area contributed by atoms with Gasteiger partial charge in [0.15, 0.2) is 0 Å². The lowest BCUT2D eigenvalue weighted by molar-refractivity contribution is 0.0694. The summed E-state index contributed by atoms with van der Waals surface area (Å²) in [6.07, 6.45) is 2.26. The van der Waals surface area contributed by atoms with Gasteiger partial charge in [-0.05, 0) is 68.6 Å². The molecule has 29 heavy (non-hydrogen) atoms. The molecule has 152 valence electrons. The first-order valence-electron chi connectivity index (χ1n) is 10.5. The summed E-state index contributed by atoms with van der Waals surface area (Å²) in [7, 11) is 0. The lowest BCUT2D eigenvalue weighted by atomic mass is 9.95. The van der Waals surface area contributed by atoms with Crippen LogP contribution in [0.3, 0.4) is 0 Å². The summed E-state index contributed by atoms with van der Waals surface area (Å²) in [4.78, 5) is 20.8. The molecule has 1 aromatic heterocycles. The molecule has 4 nitrogen and oxygen atoms in total. The number of hydrogen-bond donors (Lipinski definition) is 1. The number of halogens is 1. The number of hydrogen-bond acceptors (Lipinski definition) is 2. The number of nitrogens with one attached hydrogen (secondary N) is 1. The molecule has 1 saturated heterocycles. The van der Waals surface area contributed by atoms with E-state index in [1.165, 1.54) is 5.56 Å². The van der Waals surface area contributed by atoms with Crippen LogP contribution in [0.4, 0.5) is 0 Å². The second-order valence-corrected chi connectivity index (χ2v) is 8.40. The quantitative estimate of drug-likeness (QED) is 0.608. The summed E-state index contributed by atoms with van der Waals surface area (Å²) in [6, 6.07) is 18.1. The number of carbonyl (C=O) groups is 1. The maximum absolute atomic E-state index is 13.0. The molecule has 0 unspecified atom stereocenters. The van der Waals surface area contributed by atoms with Crippen molar-refractivity contribution in [2.45, 2.75) is 26.3 Å². The van der Waals surface area contributed by atoms with Gasteiger partial charge in [0.1, 0.15) is 5.69 Å². The molecule has 0 spiro atoms.